The van der Waals surface area contributed by atoms with E-state index < -0.39 is 5.60 Å². The van der Waals surface area contributed by atoms with Gasteiger partial charge >= 0.3 is 6.09 Å². The lowest BCUT2D eigenvalue weighted by molar-refractivity contribution is -0.0128. The van der Waals surface area contributed by atoms with Gasteiger partial charge in [0.2, 0.25) is 5.82 Å². The van der Waals surface area contributed by atoms with Crippen molar-refractivity contribution in [2.45, 2.75) is 52.5 Å². The van der Waals surface area contributed by atoms with E-state index in [2.05, 4.69) is 9.97 Å². The molecule has 3 heterocycles. The van der Waals surface area contributed by atoms with Crippen LogP contribution in [0.3, 0.4) is 0 Å². The van der Waals surface area contributed by atoms with Crippen LogP contribution < -0.4 is 0 Å². The normalized spacial score (nSPS) is 20.4. The number of ether oxygens (including phenoxy) is 2. The van der Waals surface area contributed by atoms with E-state index in [1.165, 1.54) is 0 Å². The van der Waals surface area contributed by atoms with Crippen LogP contribution in [-0.4, -0.2) is 63.2 Å². The van der Waals surface area contributed by atoms with Crippen molar-refractivity contribution in [3.63, 3.8) is 0 Å². The van der Waals surface area contributed by atoms with Crippen LogP contribution in [-0.2, 0) is 22.6 Å². The molecule has 136 valence electrons. The van der Waals surface area contributed by atoms with E-state index in [9.17, 15) is 9.59 Å². The summed E-state index contributed by atoms with van der Waals surface area (Å²) in [5.74, 6) is -0.0347. The highest BCUT2D eigenvalue weighted by molar-refractivity contribution is 5.90. The molecule has 2 amide bonds. The Labute approximate surface area is 147 Å². The highest BCUT2D eigenvalue weighted by atomic mass is 16.6. The second kappa shape index (κ2) is 6.59. The van der Waals surface area contributed by atoms with E-state index in [0.717, 1.165) is 5.56 Å². The quantitative estimate of drug-likeness (QED) is 0.766. The van der Waals surface area contributed by atoms with E-state index in [4.69, 9.17) is 9.47 Å². The Balaban J connectivity index is 1.70. The zero-order valence-corrected chi connectivity index (χ0v) is 15.1. The second-order valence-corrected chi connectivity index (χ2v) is 7.43. The lowest BCUT2D eigenvalue weighted by Crippen LogP contribution is -2.45. The Morgan fingerprint density at radius 1 is 1.28 bits per heavy atom. The number of rotatable bonds is 1. The molecule has 3 rings (SSSR count). The molecule has 2 aliphatic rings. The van der Waals surface area contributed by atoms with Crippen molar-refractivity contribution in [1.82, 2.24) is 19.8 Å². The number of carbonyl (C=O) groups excluding carboxylic acids is 2. The molecule has 1 atom stereocenters. The first-order chi connectivity index (χ1) is 11.7. The van der Waals surface area contributed by atoms with Gasteiger partial charge in [-0.1, -0.05) is 0 Å². The fraction of sp³-hybridized carbons (Fsp3) is 0.647. The maximum absolute atomic E-state index is 12.6. The molecule has 0 aliphatic carbocycles. The minimum Gasteiger partial charge on any atom is -0.444 e. The third kappa shape index (κ3) is 4.07. The van der Waals surface area contributed by atoms with Gasteiger partial charge in [0.1, 0.15) is 5.60 Å². The topological polar surface area (TPSA) is 84.9 Å². The van der Waals surface area contributed by atoms with Crippen molar-refractivity contribution in [3.8, 4) is 0 Å². The fourth-order valence-electron chi connectivity index (χ4n) is 2.86. The number of carbonyl (C=O) groups is 2. The van der Waals surface area contributed by atoms with Crippen molar-refractivity contribution >= 4 is 12.0 Å². The maximum atomic E-state index is 12.6. The molecule has 1 aromatic heterocycles. The summed E-state index contributed by atoms with van der Waals surface area (Å²) < 4.78 is 10.8. The van der Waals surface area contributed by atoms with Gasteiger partial charge in [0, 0.05) is 24.8 Å². The van der Waals surface area contributed by atoms with Gasteiger partial charge in [-0.25, -0.2) is 14.8 Å². The van der Waals surface area contributed by atoms with Crippen LogP contribution in [0.1, 0.15) is 49.6 Å². The molecule has 0 radical (unpaired) electrons. The lowest BCUT2D eigenvalue weighted by atomic mass is 10.2. The van der Waals surface area contributed by atoms with Gasteiger partial charge in [-0.15, -0.1) is 0 Å². The zero-order chi connectivity index (χ0) is 18.2. The van der Waals surface area contributed by atoms with E-state index >= 15 is 0 Å². The van der Waals surface area contributed by atoms with Crippen molar-refractivity contribution in [3.05, 3.63) is 23.3 Å². The molecule has 8 nitrogen and oxygen atoms in total. The Hall–Kier alpha value is -2.22. The summed E-state index contributed by atoms with van der Waals surface area (Å²) >= 11 is 0. The predicted octanol–water partition coefficient (Wildman–Crippen LogP) is 1.59. The number of nitrogens with zero attached hydrogens (tertiary/aromatic N) is 4. The van der Waals surface area contributed by atoms with Crippen LogP contribution in [0, 0.1) is 0 Å². The SMILES string of the molecule is CC1CN(C(=O)c2ncc3c(n2)CN(C(=O)OC(C)(C)C)C3)CCO1. The molecule has 0 saturated carbocycles. The molecule has 0 spiro atoms. The Morgan fingerprint density at radius 3 is 2.72 bits per heavy atom. The molecule has 0 N–H and O–H groups in total. The van der Waals surface area contributed by atoms with Crippen LogP contribution in [0.15, 0.2) is 6.20 Å². The van der Waals surface area contributed by atoms with Crippen LogP contribution in [0.4, 0.5) is 4.79 Å². The van der Waals surface area contributed by atoms with Gasteiger partial charge in [0.05, 0.1) is 31.5 Å². The third-order valence-corrected chi connectivity index (χ3v) is 4.03. The monoisotopic (exact) mass is 348 g/mol. The maximum Gasteiger partial charge on any atom is 0.410 e. The van der Waals surface area contributed by atoms with Gasteiger partial charge in [0.25, 0.3) is 5.91 Å². The van der Waals surface area contributed by atoms with Gasteiger partial charge in [-0.05, 0) is 27.7 Å². The summed E-state index contributed by atoms with van der Waals surface area (Å²) in [4.78, 5) is 36.6. The van der Waals surface area contributed by atoms with Crippen LogP contribution in [0.5, 0.6) is 0 Å². The number of amides is 2. The van der Waals surface area contributed by atoms with E-state index in [1.54, 1.807) is 16.0 Å². The molecular formula is C17H24N4O4. The van der Waals surface area contributed by atoms with E-state index in [-0.39, 0.29) is 23.9 Å². The predicted molar refractivity (Wildman–Crippen MR) is 88.8 cm³/mol. The largest absolute Gasteiger partial charge is 0.444 e. The molecule has 1 unspecified atom stereocenters. The standard InChI is InChI=1S/C17H24N4O4/c1-11-8-20(5-6-24-11)15(22)14-18-7-12-9-21(10-13(12)19-14)16(23)25-17(2,3)4/h7,11H,5-6,8-10H2,1-4H3. The summed E-state index contributed by atoms with van der Waals surface area (Å²) in [6.07, 6.45) is 1.25. The van der Waals surface area contributed by atoms with Crippen LogP contribution >= 0.6 is 0 Å². The van der Waals surface area contributed by atoms with Gasteiger partial charge < -0.3 is 14.4 Å². The average molecular weight is 348 g/mol. The minimum absolute atomic E-state index is 0.00906. The number of aromatic nitrogens is 2. The summed E-state index contributed by atoms with van der Waals surface area (Å²) in [5, 5.41) is 0. The molecule has 1 aromatic rings. The summed E-state index contributed by atoms with van der Waals surface area (Å²) in [6, 6.07) is 0. The third-order valence-electron chi connectivity index (χ3n) is 4.03. The molecule has 25 heavy (non-hydrogen) atoms. The molecular weight excluding hydrogens is 324 g/mol. The van der Waals surface area contributed by atoms with Gasteiger partial charge in [-0.2, -0.15) is 0 Å². The molecule has 2 aliphatic heterocycles. The van der Waals surface area contributed by atoms with Gasteiger partial charge in [0.15, 0.2) is 0 Å². The first-order valence-corrected chi connectivity index (χ1v) is 8.46. The highest BCUT2D eigenvalue weighted by Gasteiger charge is 2.31. The number of fused-ring (bicyclic) bond motifs is 1. The lowest BCUT2D eigenvalue weighted by Gasteiger charge is -2.30. The summed E-state index contributed by atoms with van der Waals surface area (Å²) in [5.41, 5.74) is 0.995. The molecule has 8 heteroatoms. The Kier molecular flexibility index (Phi) is 4.64. The van der Waals surface area contributed by atoms with Gasteiger partial charge in [-0.3, -0.25) is 9.69 Å². The minimum atomic E-state index is -0.550. The summed E-state index contributed by atoms with van der Waals surface area (Å²) in [6.45, 7) is 9.72. The van der Waals surface area contributed by atoms with Crippen LogP contribution in [0.2, 0.25) is 0 Å². The fourth-order valence-corrected chi connectivity index (χ4v) is 2.86. The molecule has 0 aromatic carbocycles. The number of hydrogen-bond acceptors (Lipinski definition) is 6. The smallest absolute Gasteiger partial charge is 0.410 e. The Bertz CT molecular complexity index is 686. The van der Waals surface area contributed by atoms with Crippen molar-refractivity contribution in [2.24, 2.45) is 0 Å². The second-order valence-electron chi connectivity index (χ2n) is 7.43. The number of hydrogen-bond donors (Lipinski definition) is 0. The van der Waals surface area contributed by atoms with Crippen molar-refractivity contribution in [1.29, 1.82) is 0 Å². The van der Waals surface area contributed by atoms with Crippen molar-refractivity contribution in [2.75, 3.05) is 19.7 Å². The van der Waals surface area contributed by atoms with E-state index in [0.29, 0.717) is 38.5 Å². The highest BCUT2D eigenvalue weighted by Crippen LogP contribution is 2.23. The zero-order valence-electron chi connectivity index (χ0n) is 15.1. The molecule has 1 saturated heterocycles. The number of morpholine rings is 1. The summed E-state index contributed by atoms with van der Waals surface area (Å²) in [7, 11) is 0. The molecule has 0 bridgehead atoms. The van der Waals surface area contributed by atoms with Crippen molar-refractivity contribution < 1.29 is 19.1 Å². The first-order valence-electron chi connectivity index (χ1n) is 8.46. The Morgan fingerprint density at radius 2 is 2.04 bits per heavy atom. The first kappa shape index (κ1) is 17.6. The van der Waals surface area contributed by atoms with Crippen LogP contribution in [0.25, 0.3) is 0 Å². The average Bonchev–Trinajstić information content (AvgIpc) is 2.96. The van der Waals surface area contributed by atoms with E-state index in [1.807, 2.05) is 27.7 Å². The molecule has 1 fully saturated rings.